The summed E-state index contributed by atoms with van der Waals surface area (Å²) in [5, 5.41) is 0. The van der Waals surface area contributed by atoms with Crippen molar-refractivity contribution in [3.63, 3.8) is 0 Å². The van der Waals surface area contributed by atoms with E-state index in [1.54, 1.807) is 6.92 Å². The van der Waals surface area contributed by atoms with Gasteiger partial charge in [0.1, 0.15) is 17.9 Å². The van der Waals surface area contributed by atoms with Gasteiger partial charge in [0.05, 0.1) is 7.11 Å². The van der Waals surface area contributed by atoms with Crippen molar-refractivity contribution in [2.45, 2.75) is 32.2 Å². The van der Waals surface area contributed by atoms with Crippen molar-refractivity contribution in [3.05, 3.63) is 29.8 Å². The van der Waals surface area contributed by atoms with Crippen LogP contribution in [0.5, 0.6) is 5.75 Å². The van der Waals surface area contributed by atoms with Crippen LogP contribution in [-0.2, 0) is 16.0 Å². The lowest BCUT2D eigenvalue weighted by molar-refractivity contribution is -0.147. The maximum Gasteiger partial charge on any atom is 0.329 e. The van der Waals surface area contributed by atoms with Crippen LogP contribution in [-0.4, -0.2) is 25.2 Å². The summed E-state index contributed by atoms with van der Waals surface area (Å²) in [4.78, 5) is 11.4. The van der Waals surface area contributed by atoms with Crippen LogP contribution in [0.15, 0.2) is 24.3 Å². The second-order valence-corrected chi connectivity index (χ2v) is 4.59. The molecule has 0 aromatic heterocycles. The van der Waals surface area contributed by atoms with Crippen LogP contribution in [0.25, 0.3) is 0 Å². The van der Waals surface area contributed by atoms with Crippen molar-refractivity contribution in [2.75, 3.05) is 13.7 Å². The number of rotatable bonds is 6. The Hall–Kier alpha value is -1.55. The highest BCUT2D eigenvalue weighted by molar-refractivity contribution is 5.80. The predicted molar refractivity (Wildman–Crippen MR) is 70.5 cm³/mol. The lowest BCUT2D eigenvalue weighted by Gasteiger charge is -2.21. The van der Waals surface area contributed by atoms with Crippen LogP contribution in [0.4, 0.5) is 0 Å². The molecule has 4 heteroatoms. The molecule has 0 amide bonds. The van der Waals surface area contributed by atoms with Gasteiger partial charge in [-0.25, -0.2) is 4.79 Å². The summed E-state index contributed by atoms with van der Waals surface area (Å²) in [5.41, 5.74) is 5.94. The zero-order valence-electron chi connectivity index (χ0n) is 11.2. The van der Waals surface area contributed by atoms with Gasteiger partial charge in [-0.3, -0.25) is 0 Å². The minimum Gasteiger partial charge on any atom is -0.491 e. The molecule has 0 saturated carbocycles. The van der Waals surface area contributed by atoms with Crippen LogP contribution >= 0.6 is 0 Å². The number of esters is 1. The fourth-order valence-corrected chi connectivity index (χ4v) is 1.57. The third-order valence-corrected chi connectivity index (χ3v) is 2.65. The highest BCUT2D eigenvalue weighted by Crippen LogP contribution is 2.15. The fourth-order valence-electron chi connectivity index (χ4n) is 1.57. The molecule has 1 rings (SSSR count). The minimum atomic E-state index is -1.13. The van der Waals surface area contributed by atoms with Gasteiger partial charge in [0.15, 0.2) is 0 Å². The van der Waals surface area contributed by atoms with Gasteiger partial charge in [0.25, 0.3) is 0 Å². The molecule has 1 atom stereocenters. The maximum atomic E-state index is 11.4. The Kier molecular flexibility index (Phi) is 5.16. The summed E-state index contributed by atoms with van der Waals surface area (Å²) in [6.07, 6.45) is 2.17. The van der Waals surface area contributed by atoms with Crippen molar-refractivity contribution in [2.24, 2.45) is 5.73 Å². The van der Waals surface area contributed by atoms with Gasteiger partial charge in [0.2, 0.25) is 0 Å². The molecule has 0 aliphatic heterocycles. The van der Waals surface area contributed by atoms with E-state index >= 15 is 0 Å². The molecule has 1 aromatic carbocycles. The number of nitrogens with two attached hydrogens (primary N) is 1. The number of hydrogen-bond donors (Lipinski definition) is 1. The third-order valence-electron chi connectivity index (χ3n) is 2.65. The lowest BCUT2D eigenvalue weighted by Crippen LogP contribution is -2.50. The minimum absolute atomic E-state index is 0.0901. The van der Waals surface area contributed by atoms with Crippen LogP contribution in [0, 0.1) is 0 Å². The first-order valence-corrected chi connectivity index (χ1v) is 6.08. The smallest absolute Gasteiger partial charge is 0.329 e. The Morgan fingerprint density at radius 3 is 2.44 bits per heavy atom. The normalized spacial score (nSPS) is 13.8. The van der Waals surface area contributed by atoms with Crippen LogP contribution in [0.1, 0.15) is 25.8 Å². The molecule has 0 radical (unpaired) electrons. The zero-order chi connectivity index (χ0) is 13.6. The summed E-state index contributed by atoms with van der Waals surface area (Å²) in [6.45, 7) is 3.82. The van der Waals surface area contributed by atoms with Crippen molar-refractivity contribution < 1.29 is 14.3 Å². The topological polar surface area (TPSA) is 61.5 Å². The summed E-state index contributed by atoms with van der Waals surface area (Å²) in [6, 6.07) is 7.81. The van der Waals surface area contributed by atoms with Gasteiger partial charge >= 0.3 is 5.97 Å². The zero-order valence-corrected chi connectivity index (χ0v) is 11.2. The Morgan fingerprint density at radius 1 is 1.33 bits per heavy atom. The van der Waals surface area contributed by atoms with E-state index < -0.39 is 11.5 Å². The predicted octanol–water partition coefficient (Wildman–Crippen LogP) is 1.91. The molecule has 0 aliphatic carbocycles. The molecule has 0 aliphatic rings. The average molecular weight is 251 g/mol. The summed E-state index contributed by atoms with van der Waals surface area (Å²) >= 11 is 0. The van der Waals surface area contributed by atoms with E-state index in [1.807, 2.05) is 24.3 Å². The molecule has 2 N–H and O–H groups in total. The Labute approximate surface area is 108 Å². The van der Waals surface area contributed by atoms with E-state index in [0.29, 0.717) is 5.75 Å². The van der Waals surface area contributed by atoms with Crippen LogP contribution < -0.4 is 10.5 Å². The highest BCUT2D eigenvalue weighted by atomic mass is 16.5. The van der Waals surface area contributed by atoms with E-state index in [2.05, 4.69) is 11.7 Å². The van der Waals surface area contributed by atoms with E-state index in [-0.39, 0.29) is 6.61 Å². The molecule has 0 saturated heterocycles. The summed E-state index contributed by atoms with van der Waals surface area (Å²) < 4.78 is 10.1. The average Bonchev–Trinajstić information content (AvgIpc) is 2.37. The fraction of sp³-hybridized carbons (Fsp3) is 0.500. The lowest BCUT2D eigenvalue weighted by atomic mass is 10.1. The number of hydrogen-bond acceptors (Lipinski definition) is 4. The summed E-state index contributed by atoms with van der Waals surface area (Å²) in [5.74, 6) is 0.223. The molecule has 4 nitrogen and oxygen atoms in total. The number of carbonyl (C=O) groups excluding carboxylic acids is 1. The van der Waals surface area contributed by atoms with Gasteiger partial charge in [0, 0.05) is 0 Å². The molecule has 18 heavy (non-hydrogen) atoms. The number of benzene rings is 1. The van der Waals surface area contributed by atoms with E-state index in [0.717, 1.165) is 12.8 Å². The number of carbonyl (C=O) groups is 1. The van der Waals surface area contributed by atoms with Gasteiger partial charge in [-0.05, 0) is 31.0 Å². The van der Waals surface area contributed by atoms with Crippen molar-refractivity contribution in [3.8, 4) is 5.75 Å². The first-order valence-electron chi connectivity index (χ1n) is 6.08. The highest BCUT2D eigenvalue weighted by Gasteiger charge is 2.30. The molecule has 0 spiro atoms. The molecule has 1 aromatic rings. The number of aryl methyl sites for hydroxylation is 1. The molecule has 1 unspecified atom stereocenters. The number of methoxy groups -OCH3 is 1. The summed E-state index contributed by atoms with van der Waals surface area (Å²) in [7, 11) is 1.31. The van der Waals surface area contributed by atoms with Crippen molar-refractivity contribution in [1.29, 1.82) is 0 Å². The first kappa shape index (κ1) is 14.5. The van der Waals surface area contributed by atoms with Gasteiger partial charge in [-0.2, -0.15) is 0 Å². The molecule has 100 valence electrons. The van der Waals surface area contributed by atoms with Gasteiger partial charge in [-0.15, -0.1) is 0 Å². The van der Waals surface area contributed by atoms with E-state index in [1.165, 1.54) is 12.7 Å². The quantitative estimate of drug-likeness (QED) is 0.784. The first-order chi connectivity index (χ1) is 8.49. The van der Waals surface area contributed by atoms with Crippen LogP contribution in [0.2, 0.25) is 0 Å². The second kappa shape index (κ2) is 6.40. The monoisotopic (exact) mass is 251 g/mol. The molecular weight excluding hydrogens is 230 g/mol. The molecular formula is C14H21NO3. The number of ether oxygens (including phenoxy) is 2. The van der Waals surface area contributed by atoms with Crippen LogP contribution in [0.3, 0.4) is 0 Å². The van der Waals surface area contributed by atoms with Gasteiger partial charge in [-0.1, -0.05) is 25.5 Å². The molecule has 0 bridgehead atoms. The Bertz CT molecular complexity index is 385. The van der Waals surface area contributed by atoms with Crippen molar-refractivity contribution >= 4 is 5.97 Å². The van der Waals surface area contributed by atoms with Crippen molar-refractivity contribution in [1.82, 2.24) is 0 Å². The maximum absolute atomic E-state index is 11.4. The molecule has 0 fully saturated rings. The van der Waals surface area contributed by atoms with Gasteiger partial charge < -0.3 is 15.2 Å². The standard InChI is InChI=1S/C14H21NO3/c1-4-5-11-6-8-12(9-7-11)18-10-14(2,15)13(16)17-3/h6-9H,4-5,10,15H2,1-3H3. The largest absolute Gasteiger partial charge is 0.491 e. The van der Waals surface area contributed by atoms with E-state index in [9.17, 15) is 4.79 Å². The Morgan fingerprint density at radius 2 is 1.94 bits per heavy atom. The third kappa shape index (κ3) is 4.04. The second-order valence-electron chi connectivity index (χ2n) is 4.59. The molecule has 0 heterocycles. The van der Waals surface area contributed by atoms with E-state index in [4.69, 9.17) is 10.5 Å². The Balaban J connectivity index is 2.55. The SMILES string of the molecule is CCCc1ccc(OCC(C)(N)C(=O)OC)cc1.